The van der Waals surface area contributed by atoms with Crippen molar-refractivity contribution >= 4 is 0 Å². The average molecular weight is 435 g/mol. The summed E-state index contributed by atoms with van der Waals surface area (Å²) in [6, 6.07) is 0. The zero-order chi connectivity index (χ0) is 22.8. The van der Waals surface area contributed by atoms with E-state index in [0.29, 0.717) is 37.0 Å². The molecule has 178 valence electrons. The first-order chi connectivity index (χ1) is 14.3. The molecule has 4 N–H and O–H groups in total. The van der Waals surface area contributed by atoms with Crippen molar-refractivity contribution in [3.8, 4) is 0 Å². The van der Waals surface area contributed by atoms with Gasteiger partial charge in [0.15, 0.2) is 0 Å². The molecule has 0 aromatic carbocycles. The SMILES string of the molecule is CC(CCCC(C)(C)O)C1CCC2C3=C(CCC21C)C1(C)CCC(O)CC1(O)C(O)C3. The fourth-order valence-electron chi connectivity index (χ4n) is 8.50. The molecule has 4 aliphatic rings. The molecule has 0 spiro atoms. The van der Waals surface area contributed by atoms with E-state index >= 15 is 0 Å². The summed E-state index contributed by atoms with van der Waals surface area (Å²) < 4.78 is 0. The number of fused-ring (bicyclic) bond motifs is 4. The molecule has 8 unspecified atom stereocenters. The van der Waals surface area contributed by atoms with Gasteiger partial charge in [-0.15, -0.1) is 0 Å². The summed E-state index contributed by atoms with van der Waals surface area (Å²) in [5.41, 5.74) is 0.967. The van der Waals surface area contributed by atoms with Crippen LogP contribution in [-0.2, 0) is 0 Å². The van der Waals surface area contributed by atoms with Gasteiger partial charge in [0.25, 0.3) is 0 Å². The van der Waals surface area contributed by atoms with Gasteiger partial charge in [-0.3, -0.25) is 0 Å². The van der Waals surface area contributed by atoms with Crippen LogP contribution in [0.4, 0.5) is 0 Å². The van der Waals surface area contributed by atoms with Crippen molar-refractivity contribution in [1.82, 2.24) is 0 Å². The van der Waals surface area contributed by atoms with E-state index in [-0.39, 0.29) is 5.41 Å². The van der Waals surface area contributed by atoms with E-state index in [2.05, 4.69) is 20.8 Å². The molecule has 31 heavy (non-hydrogen) atoms. The second kappa shape index (κ2) is 7.82. The van der Waals surface area contributed by atoms with Crippen molar-refractivity contribution in [2.75, 3.05) is 0 Å². The topological polar surface area (TPSA) is 80.9 Å². The van der Waals surface area contributed by atoms with Crippen LogP contribution < -0.4 is 0 Å². The molecule has 0 aliphatic heterocycles. The van der Waals surface area contributed by atoms with E-state index in [1.54, 1.807) is 0 Å². The Morgan fingerprint density at radius 2 is 1.81 bits per heavy atom. The lowest BCUT2D eigenvalue weighted by molar-refractivity contribution is -0.191. The smallest absolute Gasteiger partial charge is 0.102 e. The first-order valence-electron chi connectivity index (χ1n) is 12.8. The van der Waals surface area contributed by atoms with Crippen LogP contribution >= 0.6 is 0 Å². The van der Waals surface area contributed by atoms with E-state index in [1.807, 2.05) is 13.8 Å². The molecule has 0 bridgehead atoms. The lowest BCUT2D eigenvalue weighted by Crippen LogP contribution is -2.63. The lowest BCUT2D eigenvalue weighted by Gasteiger charge is -2.60. The number of aliphatic hydroxyl groups is 4. The highest BCUT2D eigenvalue weighted by Crippen LogP contribution is 2.66. The van der Waals surface area contributed by atoms with Crippen molar-refractivity contribution in [3.63, 3.8) is 0 Å². The van der Waals surface area contributed by atoms with E-state index < -0.39 is 28.8 Å². The minimum atomic E-state index is -1.19. The second-order valence-corrected chi connectivity index (χ2v) is 12.8. The Morgan fingerprint density at radius 1 is 1.10 bits per heavy atom. The highest BCUT2D eigenvalue weighted by Gasteiger charge is 2.63. The van der Waals surface area contributed by atoms with E-state index in [9.17, 15) is 20.4 Å². The summed E-state index contributed by atoms with van der Waals surface area (Å²) in [6.07, 6.45) is 8.79. The van der Waals surface area contributed by atoms with Gasteiger partial charge >= 0.3 is 0 Å². The molecule has 0 radical (unpaired) electrons. The first-order valence-corrected chi connectivity index (χ1v) is 12.8. The van der Waals surface area contributed by atoms with Gasteiger partial charge in [-0.25, -0.2) is 0 Å². The largest absolute Gasteiger partial charge is 0.393 e. The maximum Gasteiger partial charge on any atom is 0.102 e. The summed E-state index contributed by atoms with van der Waals surface area (Å²) in [4.78, 5) is 0. The summed E-state index contributed by atoms with van der Waals surface area (Å²) >= 11 is 0. The second-order valence-electron chi connectivity index (χ2n) is 12.8. The summed E-state index contributed by atoms with van der Waals surface area (Å²) in [5.74, 6) is 1.85. The quantitative estimate of drug-likeness (QED) is 0.472. The van der Waals surface area contributed by atoms with Crippen molar-refractivity contribution in [2.24, 2.45) is 28.6 Å². The van der Waals surface area contributed by atoms with Crippen LogP contribution in [0.25, 0.3) is 0 Å². The van der Waals surface area contributed by atoms with Crippen LogP contribution in [0.5, 0.6) is 0 Å². The number of aliphatic hydroxyl groups excluding tert-OH is 2. The summed E-state index contributed by atoms with van der Waals surface area (Å²) in [5, 5.41) is 43.0. The van der Waals surface area contributed by atoms with E-state index in [1.165, 1.54) is 36.8 Å². The van der Waals surface area contributed by atoms with Crippen molar-refractivity contribution < 1.29 is 20.4 Å². The third-order valence-corrected chi connectivity index (χ3v) is 10.4. The van der Waals surface area contributed by atoms with Crippen LogP contribution in [0.15, 0.2) is 11.1 Å². The van der Waals surface area contributed by atoms with Crippen molar-refractivity contribution in [3.05, 3.63) is 11.1 Å². The van der Waals surface area contributed by atoms with Crippen LogP contribution in [0, 0.1) is 28.6 Å². The highest BCUT2D eigenvalue weighted by atomic mass is 16.3. The Balaban J connectivity index is 1.57. The standard InChI is InChI=1S/C27H46O4/c1-17(7-6-12-24(2,3)30)20-8-9-21-19-15-23(29)27(31)16-18(28)10-14-26(27,5)22(19)11-13-25(20,21)4/h17-18,20-21,23,28-31H,6-16H2,1-5H3. The molecule has 0 aromatic heterocycles. The highest BCUT2D eigenvalue weighted by molar-refractivity contribution is 5.38. The normalized spacial score (nSPS) is 46.4. The van der Waals surface area contributed by atoms with Crippen LogP contribution in [0.1, 0.15) is 105 Å². The molecule has 0 saturated heterocycles. The van der Waals surface area contributed by atoms with Crippen LogP contribution in [0.2, 0.25) is 0 Å². The van der Waals surface area contributed by atoms with Gasteiger partial charge in [-0.05, 0) is 88.4 Å². The van der Waals surface area contributed by atoms with Crippen molar-refractivity contribution in [2.45, 2.75) is 129 Å². The lowest BCUT2D eigenvalue weighted by atomic mass is 9.48. The summed E-state index contributed by atoms with van der Waals surface area (Å²) in [6.45, 7) is 10.9. The fourth-order valence-corrected chi connectivity index (χ4v) is 8.50. The maximum atomic E-state index is 11.6. The predicted molar refractivity (Wildman–Crippen MR) is 123 cm³/mol. The Kier molecular flexibility index (Phi) is 5.99. The molecule has 4 nitrogen and oxygen atoms in total. The molecule has 0 aromatic rings. The van der Waals surface area contributed by atoms with E-state index in [0.717, 1.165) is 25.7 Å². The molecule has 2 saturated carbocycles. The predicted octanol–water partition coefficient (Wildman–Crippen LogP) is 4.73. The van der Waals surface area contributed by atoms with E-state index in [4.69, 9.17) is 0 Å². The Labute approximate surface area is 189 Å². The third-order valence-electron chi connectivity index (χ3n) is 10.4. The molecule has 4 aliphatic carbocycles. The fraction of sp³-hybridized carbons (Fsp3) is 0.926. The monoisotopic (exact) mass is 434 g/mol. The molecule has 4 rings (SSSR count). The average Bonchev–Trinajstić information content (AvgIpc) is 3.01. The van der Waals surface area contributed by atoms with Crippen molar-refractivity contribution in [1.29, 1.82) is 0 Å². The number of hydrogen-bond acceptors (Lipinski definition) is 4. The maximum absolute atomic E-state index is 11.6. The molecule has 4 heteroatoms. The van der Waals surface area contributed by atoms with Crippen LogP contribution in [-0.4, -0.2) is 43.8 Å². The van der Waals surface area contributed by atoms with Gasteiger partial charge in [-0.2, -0.15) is 0 Å². The van der Waals surface area contributed by atoms with Gasteiger partial charge in [0, 0.05) is 11.8 Å². The van der Waals surface area contributed by atoms with Gasteiger partial charge in [0.1, 0.15) is 5.60 Å². The van der Waals surface area contributed by atoms with Crippen LogP contribution in [0.3, 0.4) is 0 Å². The molecule has 0 amide bonds. The molecular weight excluding hydrogens is 388 g/mol. The Bertz CT molecular complexity index is 723. The zero-order valence-electron chi connectivity index (χ0n) is 20.5. The number of rotatable bonds is 5. The van der Waals surface area contributed by atoms with Gasteiger partial charge in [0.05, 0.1) is 17.8 Å². The molecular formula is C27H46O4. The van der Waals surface area contributed by atoms with Gasteiger partial charge in [-0.1, -0.05) is 44.8 Å². The number of hydrogen-bond donors (Lipinski definition) is 4. The first kappa shape index (κ1) is 23.7. The molecule has 8 atom stereocenters. The third kappa shape index (κ3) is 3.74. The van der Waals surface area contributed by atoms with Gasteiger partial charge in [0.2, 0.25) is 0 Å². The Hall–Kier alpha value is -0.420. The zero-order valence-corrected chi connectivity index (χ0v) is 20.5. The Morgan fingerprint density at radius 3 is 2.48 bits per heavy atom. The molecule has 2 fully saturated rings. The van der Waals surface area contributed by atoms with Gasteiger partial charge < -0.3 is 20.4 Å². The minimum absolute atomic E-state index is 0.271. The minimum Gasteiger partial charge on any atom is -0.393 e. The molecule has 0 heterocycles. The summed E-state index contributed by atoms with van der Waals surface area (Å²) in [7, 11) is 0.